The number of hydrogen-bond acceptors (Lipinski definition) is 2. The lowest BCUT2D eigenvalue weighted by atomic mass is 10.0. The predicted octanol–water partition coefficient (Wildman–Crippen LogP) is 2.40. The van der Waals surface area contributed by atoms with E-state index in [4.69, 9.17) is 0 Å². The van der Waals surface area contributed by atoms with Gasteiger partial charge in [-0.1, -0.05) is 17.7 Å². The molecule has 0 bridgehead atoms. The maximum absolute atomic E-state index is 3.37. The fourth-order valence-corrected chi connectivity index (χ4v) is 2.37. The van der Waals surface area contributed by atoms with Crippen LogP contribution in [0.5, 0.6) is 0 Å². The first-order chi connectivity index (χ1) is 6.68. The van der Waals surface area contributed by atoms with Gasteiger partial charge in [-0.15, -0.1) is 12.4 Å². The van der Waals surface area contributed by atoms with Crippen molar-refractivity contribution in [3.8, 4) is 0 Å². The van der Waals surface area contributed by atoms with Crippen molar-refractivity contribution >= 4 is 18.1 Å². The molecule has 1 fully saturated rings. The van der Waals surface area contributed by atoms with Gasteiger partial charge in [0.25, 0.3) is 0 Å². The van der Waals surface area contributed by atoms with E-state index in [1.807, 2.05) is 0 Å². The molecular weight excluding hydrogens is 208 g/mol. The van der Waals surface area contributed by atoms with Gasteiger partial charge in [0, 0.05) is 18.8 Å². The zero-order valence-electron chi connectivity index (χ0n) is 9.63. The molecule has 0 aliphatic carbocycles. The summed E-state index contributed by atoms with van der Waals surface area (Å²) in [5.41, 5.74) is 5.56. The fourth-order valence-electron chi connectivity index (χ4n) is 2.37. The lowest BCUT2D eigenvalue weighted by Gasteiger charge is -2.22. The van der Waals surface area contributed by atoms with Crippen LogP contribution in [0.1, 0.15) is 16.7 Å². The van der Waals surface area contributed by atoms with Crippen LogP contribution in [-0.2, 0) is 0 Å². The number of hydrogen-bond donors (Lipinski definition) is 1. The van der Waals surface area contributed by atoms with E-state index in [1.165, 1.54) is 22.4 Å². The lowest BCUT2D eigenvalue weighted by molar-refractivity contribution is 0.852. The molecule has 0 amide bonds. The molecule has 2 rings (SSSR count). The van der Waals surface area contributed by atoms with E-state index in [0.717, 1.165) is 19.8 Å². The summed E-state index contributed by atoms with van der Waals surface area (Å²) in [4.78, 5) is 2.42. The van der Waals surface area contributed by atoms with E-state index >= 15 is 0 Å². The van der Waals surface area contributed by atoms with Crippen LogP contribution in [0.3, 0.4) is 0 Å². The topological polar surface area (TPSA) is 15.3 Å². The van der Waals surface area contributed by atoms with Crippen molar-refractivity contribution in [2.45, 2.75) is 20.8 Å². The van der Waals surface area contributed by atoms with Gasteiger partial charge in [0.15, 0.2) is 0 Å². The van der Waals surface area contributed by atoms with Crippen LogP contribution >= 0.6 is 12.4 Å². The van der Waals surface area contributed by atoms with Gasteiger partial charge in [-0.05, 0) is 31.9 Å². The predicted molar refractivity (Wildman–Crippen MR) is 68.1 cm³/mol. The zero-order chi connectivity index (χ0) is 10.1. The number of nitrogens with one attached hydrogen (secondary N) is 1. The first kappa shape index (κ1) is 12.3. The van der Waals surface area contributed by atoms with E-state index in [2.05, 4.69) is 43.1 Å². The second-order valence-electron chi connectivity index (χ2n) is 4.17. The third-order valence-electron chi connectivity index (χ3n) is 2.81. The van der Waals surface area contributed by atoms with Crippen molar-refractivity contribution in [3.63, 3.8) is 0 Å². The average Bonchev–Trinajstić information content (AvgIpc) is 2.54. The molecule has 2 nitrogen and oxygen atoms in total. The van der Waals surface area contributed by atoms with Gasteiger partial charge in [0.1, 0.15) is 0 Å². The highest BCUT2D eigenvalue weighted by Gasteiger charge is 2.15. The highest BCUT2D eigenvalue weighted by atomic mass is 35.5. The summed E-state index contributed by atoms with van der Waals surface area (Å²) in [6, 6.07) is 4.53. The number of benzene rings is 1. The van der Waals surface area contributed by atoms with Crippen molar-refractivity contribution in [2.24, 2.45) is 0 Å². The Morgan fingerprint density at radius 2 is 1.73 bits per heavy atom. The number of nitrogens with zero attached hydrogens (tertiary/aromatic N) is 1. The summed E-state index contributed by atoms with van der Waals surface area (Å²) >= 11 is 0. The molecule has 0 radical (unpaired) electrons. The largest absolute Gasteiger partial charge is 0.357 e. The zero-order valence-corrected chi connectivity index (χ0v) is 10.4. The monoisotopic (exact) mass is 226 g/mol. The molecule has 15 heavy (non-hydrogen) atoms. The van der Waals surface area contributed by atoms with Crippen LogP contribution in [-0.4, -0.2) is 19.8 Å². The van der Waals surface area contributed by atoms with Gasteiger partial charge >= 0.3 is 0 Å². The van der Waals surface area contributed by atoms with Gasteiger partial charge in [-0.3, -0.25) is 5.32 Å². The minimum absolute atomic E-state index is 0. The third kappa shape index (κ3) is 2.44. The summed E-state index contributed by atoms with van der Waals surface area (Å²) in [5, 5.41) is 3.37. The van der Waals surface area contributed by atoms with Gasteiger partial charge in [-0.2, -0.15) is 0 Å². The van der Waals surface area contributed by atoms with Gasteiger partial charge in [-0.25, -0.2) is 0 Å². The number of anilines is 1. The molecule has 1 aromatic rings. The Labute approximate surface area is 98.1 Å². The van der Waals surface area contributed by atoms with Crippen LogP contribution in [0, 0.1) is 20.8 Å². The molecule has 0 saturated carbocycles. The van der Waals surface area contributed by atoms with Crippen molar-refractivity contribution in [2.75, 3.05) is 24.7 Å². The molecule has 0 spiro atoms. The highest BCUT2D eigenvalue weighted by Crippen LogP contribution is 2.26. The molecule has 0 unspecified atom stereocenters. The maximum Gasteiger partial charge on any atom is 0.0683 e. The van der Waals surface area contributed by atoms with Crippen LogP contribution < -0.4 is 10.2 Å². The van der Waals surface area contributed by atoms with Crippen molar-refractivity contribution < 1.29 is 0 Å². The smallest absolute Gasteiger partial charge is 0.0683 e. The molecule has 0 atom stereocenters. The number of halogens is 1. The van der Waals surface area contributed by atoms with Crippen molar-refractivity contribution in [1.82, 2.24) is 5.32 Å². The maximum atomic E-state index is 3.37. The summed E-state index contributed by atoms with van der Waals surface area (Å²) in [5.74, 6) is 0. The van der Waals surface area contributed by atoms with E-state index in [0.29, 0.717) is 0 Å². The lowest BCUT2D eigenvalue weighted by Crippen LogP contribution is -2.22. The van der Waals surface area contributed by atoms with Crippen LogP contribution in [0.25, 0.3) is 0 Å². The normalized spacial score (nSPS) is 15.3. The molecule has 1 aliphatic rings. The standard InChI is InChI=1S/C12H18N2.ClH/c1-9-6-10(2)12(11(3)7-9)14-5-4-13-8-14;/h6-7,13H,4-5,8H2,1-3H3;1H. The summed E-state index contributed by atoms with van der Waals surface area (Å²) in [7, 11) is 0. The Hall–Kier alpha value is -0.730. The molecule has 1 N–H and O–H groups in total. The van der Waals surface area contributed by atoms with Crippen molar-refractivity contribution in [1.29, 1.82) is 0 Å². The SMILES string of the molecule is Cc1cc(C)c(N2CCNC2)c(C)c1.Cl. The second-order valence-corrected chi connectivity index (χ2v) is 4.17. The van der Waals surface area contributed by atoms with Gasteiger partial charge in [0.2, 0.25) is 0 Å². The van der Waals surface area contributed by atoms with Gasteiger partial charge in [0.05, 0.1) is 6.67 Å². The Morgan fingerprint density at radius 3 is 2.20 bits per heavy atom. The Morgan fingerprint density at radius 1 is 1.13 bits per heavy atom. The average molecular weight is 227 g/mol. The van der Waals surface area contributed by atoms with Crippen molar-refractivity contribution in [3.05, 3.63) is 28.8 Å². The molecule has 1 aromatic carbocycles. The van der Waals surface area contributed by atoms with Crippen LogP contribution in [0.2, 0.25) is 0 Å². The second kappa shape index (κ2) is 4.86. The summed E-state index contributed by atoms with van der Waals surface area (Å²) in [6.07, 6.45) is 0. The molecule has 0 aromatic heterocycles. The minimum Gasteiger partial charge on any atom is -0.357 e. The molecule has 1 heterocycles. The van der Waals surface area contributed by atoms with Gasteiger partial charge < -0.3 is 4.90 Å². The Bertz CT molecular complexity index is 320. The van der Waals surface area contributed by atoms with E-state index in [9.17, 15) is 0 Å². The Balaban J connectivity index is 0.00000112. The quantitative estimate of drug-likeness (QED) is 0.791. The summed E-state index contributed by atoms with van der Waals surface area (Å²) in [6.45, 7) is 9.79. The highest BCUT2D eigenvalue weighted by molar-refractivity contribution is 5.85. The molecule has 3 heteroatoms. The van der Waals surface area contributed by atoms with Crippen LogP contribution in [0.4, 0.5) is 5.69 Å². The number of rotatable bonds is 1. The molecule has 84 valence electrons. The summed E-state index contributed by atoms with van der Waals surface area (Å²) < 4.78 is 0. The molecular formula is C12H19ClN2. The minimum atomic E-state index is 0. The number of aryl methyl sites for hydroxylation is 3. The van der Waals surface area contributed by atoms with E-state index in [-0.39, 0.29) is 12.4 Å². The first-order valence-electron chi connectivity index (χ1n) is 5.22. The van der Waals surface area contributed by atoms with Crippen LogP contribution in [0.15, 0.2) is 12.1 Å². The van der Waals surface area contributed by atoms with E-state index < -0.39 is 0 Å². The first-order valence-corrected chi connectivity index (χ1v) is 5.22. The molecule has 1 saturated heterocycles. The molecule has 1 aliphatic heterocycles. The van der Waals surface area contributed by atoms with E-state index in [1.54, 1.807) is 0 Å². The fraction of sp³-hybridized carbons (Fsp3) is 0.500. The Kier molecular flexibility index (Phi) is 4.00. The third-order valence-corrected chi connectivity index (χ3v) is 2.81.